The van der Waals surface area contributed by atoms with Crippen molar-refractivity contribution in [2.75, 3.05) is 0 Å². The molecule has 0 atom stereocenters. The first-order chi connectivity index (χ1) is 15.3. The van der Waals surface area contributed by atoms with E-state index in [1.165, 1.54) is 17.8 Å². The third-order valence-electron chi connectivity index (χ3n) is 5.61. The molecule has 0 unspecified atom stereocenters. The molecule has 0 N–H and O–H groups in total. The fourth-order valence-corrected chi connectivity index (χ4v) is 4.90. The van der Waals surface area contributed by atoms with E-state index in [1.54, 1.807) is 10.6 Å². The van der Waals surface area contributed by atoms with Gasteiger partial charge in [0.15, 0.2) is 5.16 Å². The van der Waals surface area contributed by atoms with Crippen molar-refractivity contribution in [3.8, 4) is 11.1 Å². The molecule has 0 aliphatic heterocycles. The van der Waals surface area contributed by atoms with Crippen molar-refractivity contribution < 1.29 is 13.2 Å². The zero-order valence-corrected chi connectivity index (χ0v) is 18.1. The molecular formula is C24H20F3N3OS. The van der Waals surface area contributed by atoms with Gasteiger partial charge in [0.05, 0.1) is 5.56 Å². The number of benzene rings is 2. The highest BCUT2D eigenvalue weighted by molar-refractivity contribution is 7.98. The van der Waals surface area contributed by atoms with Gasteiger partial charge in [0, 0.05) is 30.6 Å². The first-order valence-corrected chi connectivity index (χ1v) is 11.3. The van der Waals surface area contributed by atoms with Gasteiger partial charge in [0.1, 0.15) is 11.0 Å². The lowest BCUT2D eigenvalue weighted by molar-refractivity contribution is -0.137. The summed E-state index contributed by atoms with van der Waals surface area (Å²) in [6.45, 7) is 0. The molecular weight excluding hydrogens is 435 g/mol. The van der Waals surface area contributed by atoms with Crippen molar-refractivity contribution in [1.82, 2.24) is 14.1 Å². The van der Waals surface area contributed by atoms with Crippen molar-refractivity contribution in [2.24, 2.45) is 7.05 Å². The molecule has 2 heterocycles. The van der Waals surface area contributed by atoms with Crippen LogP contribution in [0.25, 0.3) is 22.2 Å². The number of aromatic nitrogens is 3. The Kier molecular flexibility index (Phi) is 5.12. The molecule has 0 saturated heterocycles. The zero-order chi connectivity index (χ0) is 22.5. The van der Waals surface area contributed by atoms with E-state index in [0.717, 1.165) is 36.1 Å². The number of rotatable bonds is 5. The first-order valence-electron chi connectivity index (χ1n) is 10.3. The fourth-order valence-electron chi connectivity index (χ4n) is 3.90. The highest BCUT2D eigenvalue weighted by Gasteiger charge is 2.31. The van der Waals surface area contributed by atoms with Crippen molar-refractivity contribution in [3.05, 3.63) is 82.3 Å². The van der Waals surface area contributed by atoms with Crippen LogP contribution >= 0.6 is 11.8 Å². The van der Waals surface area contributed by atoms with Gasteiger partial charge in [0.25, 0.3) is 5.56 Å². The Morgan fingerprint density at radius 1 is 1.09 bits per heavy atom. The van der Waals surface area contributed by atoms with E-state index in [2.05, 4.69) is 0 Å². The van der Waals surface area contributed by atoms with Gasteiger partial charge >= 0.3 is 6.18 Å². The van der Waals surface area contributed by atoms with Crippen molar-refractivity contribution in [3.63, 3.8) is 0 Å². The molecule has 1 aliphatic carbocycles. The zero-order valence-electron chi connectivity index (χ0n) is 17.3. The van der Waals surface area contributed by atoms with Crippen molar-refractivity contribution in [2.45, 2.75) is 36.0 Å². The number of alkyl halides is 3. The Hall–Kier alpha value is -3.00. The van der Waals surface area contributed by atoms with Crippen molar-refractivity contribution >= 4 is 22.8 Å². The molecule has 4 nitrogen and oxygen atoms in total. The summed E-state index contributed by atoms with van der Waals surface area (Å²) in [5, 5.41) is 0.547. The van der Waals surface area contributed by atoms with Gasteiger partial charge in [-0.1, -0.05) is 60.3 Å². The summed E-state index contributed by atoms with van der Waals surface area (Å²) in [6, 6.07) is 15.1. The summed E-state index contributed by atoms with van der Waals surface area (Å²) >= 11 is 1.31. The van der Waals surface area contributed by atoms with Crippen LogP contribution in [0.4, 0.5) is 13.2 Å². The van der Waals surface area contributed by atoms with Crippen molar-refractivity contribution in [1.29, 1.82) is 0 Å². The first kappa shape index (κ1) is 20.9. The lowest BCUT2D eigenvalue weighted by Crippen LogP contribution is -2.23. The van der Waals surface area contributed by atoms with Crippen LogP contribution in [0.1, 0.15) is 30.0 Å². The normalized spacial score (nSPS) is 14.2. The van der Waals surface area contributed by atoms with E-state index in [1.807, 2.05) is 48.1 Å². The van der Waals surface area contributed by atoms with Crippen LogP contribution in [0, 0.1) is 0 Å². The summed E-state index contributed by atoms with van der Waals surface area (Å²) < 4.78 is 42.8. The maximum Gasteiger partial charge on any atom is 0.416 e. The fraction of sp³-hybridized carbons (Fsp3) is 0.250. The summed E-state index contributed by atoms with van der Waals surface area (Å²) in [7, 11) is 1.84. The number of hydrogen-bond acceptors (Lipinski definition) is 3. The molecule has 32 heavy (non-hydrogen) atoms. The van der Waals surface area contributed by atoms with Crippen LogP contribution in [-0.2, 0) is 19.0 Å². The predicted molar refractivity (Wildman–Crippen MR) is 120 cm³/mol. The molecule has 1 aliphatic rings. The molecule has 164 valence electrons. The minimum atomic E-state index is -4.39. The highest BCUT2D eigenvalue weighted by atomic mass is 32.2. The molecule has 0 spiro atoms. The minimum absolute atomic E-state index is 0.0958. The Labute approximate surface area is 186 Å². The smallest absolute Gasteiger partial charge is 0.344 e. The molecule has 1 saturated carbocycles. The van der Waals surface area contributed by atoms with Crippen LogP contribution in [0.5, 0.6) is 0 Å². The van der Waals surface area contributed by atoms with Gasteiger partial charge in [0.2, 0.25) is 0 Å². The third kappa shape index (κ3) is 3.83. The maximum atomic E-state index is 13.4. The summed E-state index contributed by atoms with van der Waals surface area (Å²) in [6.07, 6.45) is -0.671. The van der Waals surface area contributed by atoms with E-state index in [0.29, 0.717) is 27.5 Å². The highest BCUT2D eigenvalue weighted by Crippen LogP contribution is 2.39. The van der Waals surface area contributed by atoms with Gasteiger partial charge in [-0.3, -0.25) is 9.36 Å². The molecule has 0 bridgehead atoms. The number of fused-ring (bicyclic) bond motifs is 1. The topological polar surface area (TPSA) is 39.8 Å². The number of thioether (sulfide) groups is 1. The average Bonchev–Trinajstić information content (AvgIpc) is 3.55. The Balaban J connectivity index is 1.58. The Morgan fingerprint density at radius 2 is 1.84 bits per heavy atom. The van der Waals surface area contributed by atoms with Gasteiger partial charge in [-0.25, -0.2) is 4.98 Å². The lowest BCUT2D eigenvalue weighted by atomic mass is 10.1. The summed E-state index contributed by atoms with van der Waals surface area (Å²) in [5.74, 6) is 0.294. The van der Waals surface area contributed by atoms with Crippen LogP contribution < -0.4 is 5.56 Å². The lowest BCUT2D eigenvalue weighted by Gasteiger charge is -2.13. The third-order valence-corrected chi connectivity index (χ3v) is 6.63. The largest absolute Gasteiger partial charge is 0.416 e. The molecule has 0 radical (unpaired) electrons. The summed E-state index contributed by atoms with van der Waals surface area (Å²) in [4.78, 5) is 18.3. The molecule has 5 rings (SSSR count). The monoisotopic (exact) mass is 455 g/mol. The summed E-state index contributed by atoms with van der Waals surface area (Å²) in [5.41, 5.74) is 2.75. The van der Waals surface area contributed by atoms with E-state index < -0.39 is 11.7 Å². The maximum absolute atomic E-state index is 13.4. The number of nitrogens with zero attached hydrogens (tertiary/aromatic N) is 3. The van der Waals surface area contributed by atoms with E-state index in [4.69, 9.17) is 4.98 Å². The van der Waals surface area contributed by atoms with E-state index in [-0.39, 0.29) is 11.6 Å². The number of aryl methyl sites for hydroxylation is 1. The molecule has 0 amide bonds. The second-order valence-electron chi connectivity index (χ2n) is 8.00. The van der Waals surface area contributed by atoms with Crippen LogP contribution in [0.15, 0.2) is 70.7 Å². The van der Waals surface area contributed by atoms with Gasteiger partial charge in [-0.15, -0.1) is 0 Å². The molecule has 2 aromatic heterocycles. The van der Waals surface area contributed by atoms with Gasteiger partial charge < -0.3 is 4.57 Å². The molecule has 2 aromatic carbocycles. The van der Waals surface area contributed by atoms with Crippen LogP contribution in [0.2, 0.25) is 0 Å². The van der Waals surface area contributed by atoms with E-state index >= 15 is 0 Å². The van der Waals surface area contributed by atoms with Gasteiger partial charge in [-0.05, 0) is 30.0 Å². The van der Waals surface area contributed by atoms with Crippen LogP contribution in [0.3, 0.4) is 0 Å². The second kappa shape index (κ2) is 7.85. The SMILES string of the molecule is Cn1cc(-c2ccccc2)c2nc(SCc3cccc(C(F)(F)F)c3)n(C3CC3)c(=O)c21. The molecule has 4 aromatic rings. The quantitative estimate of drug-likeness (QED) is 0.272. The average molecular weight is 456 g/mol. The Bertz CT molecular complexity index is 1350. The van der Waals surface area contributed by atoms with Crippen LogP contribution in [-0.4, -0.2) is 14.1 Å². The van der Waals surface area contributed by atoms with Gasteiger partial charge in [-0.2, -0.15) is 13.2 Å². The molecule has 8 heteroatoms. The predicted octanol–water partition coefficient (Wildman–Crippen LogP) is 6.05. The number of hydrogen-bond donors (Lipinski definition) is 0. The Morgan fingerprint density at radius 3 is 2.53 bits per heavy atom. The second-order valence-corrected chi connectivity index (χ2v) is 8.95. The van der Waals surface area contributed by atoms with E-state index in [9.17, 15) is 18.0 Å². The standard InChI is InChI=1S/C24H20F3N3OS/c1-29-13-19(16-7-3-2-4-8-16)20-21(29)22(31)30(18-10-11-18)23(28-20)32-14-15-6-5-9-17(12-15)24(25,26)27/h2-9,12-13,18H,10-11,14H2,1H3. The molecule has 1 fully saturated rings. The number of halogens is 3. The minimum Gasteiger partial charge on any atom is -0.344 e.